The van der Waals surface area contributed by atoms with Crippen LogP contribution in [0.5, 0.6) is 11.5 Å². The van der Waals surface area contributed by atoms with Crippen LogP contribution in [-0.4, -0.2) is 54.9 Å². The Labute approximate surface area is 200 Å². The largest absolute Gasteiger partial charge is 0.497 e. The smallest absolute Gasteiger partial charge is 0.246 e. The fraction of sp³-hybridized carbons (Fsp3) is 0.423. The first-order valence-electron chi connectivity index (χ1n) is 11.8. The van der Waals surface area contributed by atoms with Crippen LogP contribution in [0, 0.1) is 0 Å². The molecular formula is C26H32N4O4. The summed E-state index contributed by atoms with van der Waals surface area (Å²) in [6, 6.07) is 13.6. The molecular weight excluding hydrogens is 432 g/mol. The second-order valence-electron chi connectivity index (χ2n) is 8.70. The van der Waals surface area contributed by atoms with Gasteiger partial charge in [0.25, 0.3) is 0 Å². The molecule has 34 heavy (non-hydrogen) atoms. The van der Waals surface area contributed by atoms with Gasteiger partial charge in [-0.2, -0.15) is 0 Å². The van der Waals surface area contributed by atoms with Gasteiger partial charge in [0.2, 0.25) is 17.8 Å². The lowest BCUT2D eigenvalue weighted by atomic mass is 10.1. The molecule has 1 N–H and O–H groups in total. The zero-order valence-electron chi connectivity index (χ0n) is 19.9. The Bertz CT molecular complexity index is 1050. The Hall–Kier alpha value is -3.55. The van der Waals surface area contributed by atoms with Crippen LogP contribution < -0.4 is 14.8 Å². The molecule has 0 aromatic heterocycles. The molecule has 180 valence electrons. The number of nitrogens with zero attached hydrogens (tertiary/aromatic N) is 3. The van der Waals surface area contributed by atoms with Gasteiger partial charge in [-0.1, -0.05) is 31.0 Å². The highest BCUT2D eigenvalue weighted by Crippen LogP contribution is 2.34. The number of fused-ring (bicyclic) bond motifs is 2. The van der Waals surface area contributed by atoms with E-state index >= 15 is 0 Å². The summed E-state index contributed by atoms with van der Waals surface area (Å²) >= 11 is 0. The summed E-state index contributed by atoms with van der Waals surface area (Å²) in [5.74, 6) is 2.41. The van der Waals surface area contributed by atoms with E-state index in [4.69, 9.17) is 9.47 Å². The topological polar surface area (TPSA) is 83.5 Å². The Morgan fingerprint density at radius 3 is 2.68 bits per heavy atom. The van der Waals surface area contributed by atoms with E-state index in [1.54, 1.807) is 12.0 Å². The number of unbranched alkanes of at least 4 members (excludes halogenated alkanes) is 3. The Morgan fingerprint density at radius 2 is 1.88 bits per heavy atom. The van der Waals surface area contributed by atoms with Crippen molar-refractivity contribution in [1.29, 1.82) is 0 Å². The molecule has 0 unspecified atom stereocenters. The first kappa shape index (κ1) is 23.6. The Morgan fingerprint density at radius 1 is 1.09 bits per heavy atom. The van der Waals surface area contributed by atoms with Gasteiger partial charge in [0.1, 0.15) is 18.0 Å². The number of amides is 2. The van der Waals surface area contributed by atoms with Crippen molar-refractivity contribution in [2.45, 2.75) is 45.2 Å². The van der Waals surface area contributed by atoms with Crippen molar-refractivity contribution in [3.8, 4) is 11.5 Å². The summed E-state index contributed by atoms with van der Waals surface area (Å²) in [5.41, 5.74) is 2.96. The van der Waals surface area contributed by atoms with Crippen LogP contribution in [0.2, 0.25) is 0 Å². The zero-order valence-corrected chi connectivity index (χ0v) is 19.9. The van der Waals surface area contributed by atoms with Crippen LogP contribution in [0.3, 0.4) is 0 Å². The molecule has 2 aromatic carbocycles. The van der Waals surface area contributed by atoms with Crippen LogP contribution in [0.1, 0.15) is 43.2 Å². The molecule has 0 radical (unpaired) electrons. The van der Waals surface area contributed by atoms with Crippen molar-refractivity contribution in [2.24, 2.45) is 4.99 Å². The third-order valence-corrected chi connectivity index (χ3v) is 6.12. The fourth-order valence-corrected chi connectivity index (χ4v) is 4.18. The van der Waals surface area contributed by atoms with E-state index < -0.39 is 0 Å². The Balaban J connectivity index is 1.13. The van der Waals surface area contributed by atoms with E-state index in [1.165, 1.54) is 0 Å². The van der Waals surface area contributed by atoms with Crippen molar-refractivity contribution in [3.63, 3.8) is 0 Å². The van der Waals surface area contributed by atoms with Crippen LogP contribution in [0.4, 0.5) is 5.69 Å². The van der Waals surface area contributed by atoms with Gasteiger partial charge in [-0.05, 0) is 42.7 Å². The summed E-state index contributed by atoms with van der Waals surface area (Å²) < 4.78 is 11.2. The van der Waals surface area contributed by atoms with Crippen LogP contribution in [0.15, 0.2) is 47.5 Å². The van der Waals surface area contributed by atoms with Gasteiger partial charge in [0.05, 0.1) is 25.9 Å². The number of rotatable bonds is 11. The number of aliphatic imine (C=N–C) groups is 1. The zero-order chi connectivity index (χ0) is 23.9. The van der Waals surface area contributed by atoms with E-state index in [1.807, 2.05) is 54.4 Å². The van der Waals surface area contributed by atoms with Gasteiger partial charge in [0, 0.05) is 25.6 Å². The van der Waals surface area contributed by atoms with Crippen molar-refractivity contribution in [2.75, 3.05) is 27.3 Å². The highest BCUT2D eigenvalue weighted by atomic mass is 16.5. The maximum atomic E-state index is 12.4. The molecule has 2 amide bonds. The lowest BCUT2D eigenvalue weighted by molar-refractivity contribution is -0.130. The summed E-state index contributed by atoms with van der Waals surface area (Å²) in [5, 5.41) is 2.78. The lowest BCUT2D eigenvalue weighted by Crippen LogP contribution is -2.32. The van der Waals surface area contributed by atoms with Gasteiger partial charge < -0.3 is 19.3 Å². The maximum absolute atomic E-state index is 12.4. The minimum Gasteiger partial charge on any atom is -0.497 e. The predicted octanol–water partition coefficient (Wildman–Crippen LogP) is 3.62. The Kier molecular flexibility index (Phi) is 7.67. The third kappa shape index (κ3) is 5.87. The number of guanidine groups is 1. The molecule has 4 rings (SSSR count). The average Bonchev–Trinajstić information content (AvgIpc) is 3.21. The van der Waals surface area contributed by atoms with Crippen molar-refractivity contribution in [1.82, 2.24) is 15.1 Å². The summed E-state index contributed by atoms with van der Waals surface area (Å²) in [6.07, 6.45) is 4.37. The van der Waals surface area contributed by atoms with E-state index in [9.17, 15) is 9.59 Å². The van der Waals surface area contributed by atoms with Gasteiger partial charge in [-0.3, -0.25) is 14.9 Å². The molecule has 1 fully saturated rings. The molecule has 0 atom stereocenters. The van der Waals surface area contributed by atoms with Gasteiger partial charge in [-0.25, -0.2) is 4.99 Å². The molecule has 2 heterocycles. The highest BCUT2D eigenvalue weighted by molar-refractivity contribution is 6.05. The standard InChI is InChI=1S/C26H32N4O4/c1-29(16-19-11-13-20(33-2)14-12-19)25(32)10-5-3-4-6-15-34-23-9-7-8-22-21(23)17-30-18-24(31)28-26(30)27-22/h7-9,11-14H,3-6,10,15-18H2,1-2H3,(H,27,28,31). The molecule has 0 aliphatic carbocycles. The monoisotopic (exact) mass is 464 g/mol. The minimum absolute atomic E-state index is 0.0283. The summed E-state index contributed by atoms with van der Waals surface area (Å²) in [4.78, 5) is 32.3. The number of carbonyl (C=O) groups is 2. The molecule has 2 aromatic rings. The number of nitrogens with one attached hydrogen (secondary N) is 1. The predicted molar refractivity (Wildman–Crippen MR) is 130 cm³/mol. The number of methoxy groups -OCH3 is 1. The number of benzene rings is 2. The second kappa shape index (κ2) is 11.0. The minimum atomic E-state index is -0.0283. The number of carbonyl (C=O) groups excluding carboxylic acids is 2. The molecule has 8 nitrogen and oxygen atoms in total. The normalized spacial score (nSPS) is 14.1. The highest BCUT2D eigenvalue weighted by Gasteiger charge is 2.30. The first-order valence-corrected chi connectivity index (χ1v) is 11.8. The lowest BCUT2D eigenvalue weighted by Gasteiger charge is -2.24. The van der Waals surface area contributed by atoms with E-state index in [0.717, 1.165) is 54.0 Å². The molecule has 0 spiro atoms. The van der Waals surface area contributed by atoms with Gasteiger partial charge in [0.15, 0.2) is 0 Å². The van der Waals surface area contributed by atoms with Crippen molar-refractivity contribution in [3.05, 3.63) is 53.6 Å². The molecule has 1 saturated heterocycles. The summed E-state index contributed by atoms with van der Waals surface area (Å²) in [7, 11) is 3.49. The van der Waals surface area contributed by atoms with Crippen LogP contribution >= 0.6 is 0 Å². The van der Waals surface area contributed by atoms with Crippen LogP contribution in [0.25, 0.3) is 0 Å². The number of ether oxygens (including phenoxy) is 2. The fourth-order valence-electron chi connectivity index (χ4n) is 4.18. The first-order chi connectivity index (χ1) is 16.5. The quantitative estimate of drug-likeness (QED) is 0.514. The average molecular weight is 465 g/mol. The van der Waals surface area contributed by atoms with E-state index in [2.05, 4.69) is 10.3 Å². The van der Waals surface area contributed by atoms with Crippen molar-refractivity contribution < 1.29 is 19.1 Å². The van der Waals surface area contributed by atoms with Gasteiger partial charge in [-0.15, -0.1) is 0 Å². The van der Waals surface area contributed by atoms with E-state index in [0.29, 0.717) is 38.6 Å². The van der Waals surface area contributed by atoms with Gasteiger partial charge >= 0.3 is 0 Å². The number of hydrogen-bond donors (Lipinski definition) is 1. The van der Waals surface area contributed by atoms with Crippen molar-refractivity contribution >= 4 is 23.5 Å². The third-order valence-electron chi connectivity index (χ3n) is 6.12. The molecule has 2 aliphatic heterocycles. The SMILES string of the molecule is COc1ccc(CN(C)C(=O)CCCCCCOc2cccc3c2CN2CC(=O)NC2=N3)cc1. The maximum Gasteiger partial charge on any atom is 0.246 e. The molecule has 2 aliphatic rings. The van der Waals surface area contributed by atoms with Crippen LogP contribution in [-0.2, 0) is 22.7 Å². The molecule has 0 saturated carbocycles. The van der Waals surface area contributed by atoms with E-state index in [-0.39, 0.29) is 11.8 Å². The second-order valence-corrected chi connectivity index (χ2v) is 8.70. The summed E-state index contributed by atoms with van der Waals surface area (Å²) in [6.45, 7) is 2.18. The molecule has 8 heteroatoms. The molecule has 0 bridgehead atoms. The number of hydrogen-bond acceptors (Lipinski definition) is 6.